The van der Waals surface area contributed by atoms with E-state index in [2.05, 4.69) is 20.7 Å². The van der Waals surface area contributed by atoms with Gasteiger partial charge in [0.2, 0.25) is 11.8 Å². The molecule has 0 radical (unpaired) electrons. The van der Waals surface area contributed by atoms with Crippen LogP contribution in [0.1, 0.15) is 38.5 Å². The number of amides is 2. The molecule has 0 spiro atoms. The van der Waals surface area contributed by atoms with Crippen LogP contribution in [0.25, 0.3) is 0 Å². The molecule has 1 atom stereocenters. The van der Waals surface area contributed by atoms with E-state index in [4.69, 9.17) is 50.4 Å². The van der Waals surface area contributed by atoms with Crippen LogP contribution in [-0.2, 0) is 57.1 Å². The Morgan fingerprint density at radius 3 is 1.52 bits per heavy atom. The molecule has 0 saturated carbocycles. The Kier molecular flexibility index (Phi) is 31.6. The molecule has 328 valence electrons. The average molecular weight is 823 g/mol. The van der Waals surface area contributed by atoms with Crippen molar-refractivity contribution in [3.8, 4) is 0 Å². The number of benzene rings is 2. The van der Waals surface area contributed by atoms with Crippen LogP contribution in [0.15, 0.2) is 48.5 Å². The number of carbonyl (C=O) groups is 4. The minimum Gasteiger partial charge on any atom is -0.469 e. The first-order valence-electron chi connectivity index (χ1n) is 19.5. The maximum absolute atomic E-state index is 11.9. The van der Waals surface area contributed by atoms with Gasteiger partial charge in [-0.2, -0.15) is 0 Å². The van der Waals surface area contributed by atoms with Crippen LogP contribution >= 0.6 is 0 Å². The van der Waals surface area contributed by atoms with Crippen LogP contribution in [0.2, 0.25) is 0 Å². The van der Waals surface area contributed by atoms with E-state index in [1.54, 1.807) is 24.3 Å². The summed E-state index contributed by atoms with van der Waals surface area (Å²) in [4.78, 5) is 46.6. The van der Waals surface area contributed by atoms with Gasteiger partial charge < -0.3 is 71.0 Å². The third-order valence-corrected chi connectivity index (χ3v) is 7.89. The third-order valence-electron chi connectivity index (χ3n) is 7.89. The highest BCUT2D eigenvalue weighted by Gasteiger charge is 2.21. The predicted octanol–water partition coefficient (Wildman–Crippen LogP) is 2.37. The van der Waals surface area contributed by atoms with Gasteiger partial charge in [-0.05, 0) is 67.8 Å². The Morgan fingerprint density at radius 2 is 1.03 bits per heavy atom. The summed E-state index contributed by atoms with van der Waals surface area (Å²) < 4.78 is 41.5. The lowest BCUT2D eigenvalue weighted by atomic mass is 9.96. The summed E-state index contributed by atoms with van der Waals surface area (Å²) in [6, 6.07) is 14.3. The van der Waals surface area contributed by atoms with E-state index < -0.39 is 5.92 Å². The van der Waals surface area contributed by atoms with Crippen LogP contribution in [0.5, 0.6) is 0 Å². The molecule has 0 aliphatic carbocycles. The van der Waals surface area contributed by atoms with Crippen LogP contribution in [0.3, 0.4) is 0 Å². The first-order chi connectivity index (χ1) is 28.2. The summed E-state index contributed by atoms with van der Waals surface area (Å²) >= 11 is 0. The monoisotopic (exact) mass is 822 g/mol. The van der Waals surface area contributed by atoms with E-state index in [0.717, 1.165) is 11.4 Å². The second-order valence-corrected chi connectivity index (χ2v) is 12.5. The van der Waals surface area contributed by atoms with E-state index in [0.29, 0.717) is 136 Å². The summed E-state index contributed by atoms with van der Waals surface area (Å²) in [6.45, 7) is 7.63. The van der Waals surface area contributed by atoms with Gasteiger partial charge in [0.25, 0.3) is 0 Å². The van der Waals surface area contributed by atoms with Crippen LogP contribution in [-0.4, -0.2) is 137 Å². The number of methoxy groups -OCH3 is 2. The summed E-state index contributed by atoms with van der Waals surface area (Å²) in [5.41, 5.74) is 19.5. The van der Waals surface area contributed by atoms with Crippen molar-refractivity contribution in [2.24, 2.45) is 11.7 Å². The van der Waals surface area contributed by atoms with Gasteiger partial charge in [0.1, 0.15) is 0 Å². The van der Waals surface area contributed by atoms with Crippen molar-refractivity contribution in [1.29, 1.82) is 0 Å². The quantitative estimate of drug-likeness (QED) is 0.0343. The molecule has 2 aromatic rings. The Hall–Kier alpha value is -4.56. The van der Waals surface area contributed by atoms with Gasteiger partial charge in [-0.15, -0.1) is 0 Å². The van der Waals surface area contributed by atoms with Crippen molar-refractivity contribution >= 4 is 46.5 Å². The maximum atomic E-state index is 11.9. The van der Waals surface area contributed by atoms with E-state index in [1.807, 2.05) is 24.3 Å². The Labute approximate surface area is 342 Å². The number of hydrogen-bond acceptors (Lipinski definition) is 16. The number of rotatable bonds is 33. The molecule has 0 bridgehead atoms. The molecular formula is C40H66N6O12. The van der Waals surface area contributed by atoms with Gasteiger partial charge in [-0.3, -0.25) is 19.2 Å². The lowest BCUT2D eigenvalue weighted by Crippen LogP contribution is -2.29. The van der Waals surface area contributed by atoms with Crippen LogP contribution < -0.4 is 33.2 Å². The number of hydrogen-bond donors (Lipinski definition) is 6. The number of carbonyl (C=O) groups excluding carboxylic acids is 4. The van der Waals surface area contributed by atoms with Crippen LogP contribution in [0.4, 0.5) is 22.7 Å². The molecule has 2 amide bonds. The van der Waals surface area contributed by atoms with E-state index in [9.17, 15) is 19.2 Å². The SMILES string of the molecule is COC(=O)CCC(CCCC(=O)Nc1ccc(N)cc1)C(=O)OC.NCCOCCOCCOCCOCCOCCOCCC(=O)NCCNc1ccc(N)cc1. The second kappa shape index (κ2) is 35.6. The number of esters is 2. The third kappa shape index (κ3) is 29.6. The highest BCUT2D eigenvalue weighted by Crippen LogP contribution is 2.18. The fraction of sp³-hybridized carbons (Fsp3) is 0.600. The average Bonchev–Trinajstić information content (AvgIpc) is 3.22. The number of nitrogens with one attached hydrogen (secondary N) is 3. The van der Waals surface area contributed by atoms with Gasteiger partial charge in [0, 0.05) is 61.6 Å². The Balaban J connectivity index is 0.000000616. The van der Waals surface area contributed by atoms with Gasteiger partial charge >= 0.3 is 11.9 Å². The highest BCUT2D eigenvalue weighted by atomic mass is 16.6. The topological polar surface area (TPSA) is 256 Å². The number of nitrogens with two attached hydrogens (primary N) is 3. The summed E-state index contributed by atoms with van der Waals surface area (Å²) in [5.74, 6) is -1.35. The smallest absolute Gasteiger partial charge is 0.308 e. The minimum absolute atomic E-state index is 0.0428. The van der Waals surface area contributed by atoms with Crippen molar-refractivity contribution < 1.29 is 57.1 Å². The van der Waals surface area contributed by atoms with E-state index in [-0.39, 0.29) is 36.6 Å². The largest absolute Gasteiger partial charge is 0.469 e. The molecule has 0 aliphatic rings. The van der Waals surface area contributed by atoms with Crippen molar-refractivity contribution in [1.82, 2.24) is 5.32 Å². The van der Waals surface area contributed by atoms with E-state index >= 15 is 0 Å². The summed E-state index contributed by atoms with van der Waals surface area (Å²) in [6.07, 6.45) is 2.07. The zero-order valence-corrected chi connectivity index (χ0v) is 34.2. The molecule has 0 aromatic heterocycles. The van der Waals surface area contributed by atoms with Crippen molar-refractivity contribution in [2.45, 2.75) is 38.5 Å². The summed E-state index contributed by atoms with van der Waals surface area (Å²) in [7, 11) is 2.61. The normalized spacial score (nSPS) is 11.2. The first-order valence-corrected chi connectivity index (χ1v) is 19.5. The molecule has 58 heavy (non-hydrogen) atoms. The number of nitrogen functional groups attached to an aromatic ring is 2. The second-order valence-electron chi connectivity index (χ2n) is 12.5. The summed E-state index contributed by atoms with van der Waals surface area (Å²) in [5, 5.41) is 8.81. The highest BCUT2D eigenvalue weighted by molar-refractivity contribution is 5.90. The molecule has 0 fully saturated rings. The zero-order chi connectivity index (χ0) is 42.5. The van der Waals surface area contributed by atoms with Crippen molar-refractivity contribution in [3.63, 3.8) is 0 Å². The van der Waals surface area contributed by atoms with Gasteiger partial charge in [-0.25, -0.2) is 0 Å². The molecule has 18 heteroatoms. The zero-order valence-electron chi connectivity index (χ0n) is 34.2. The molecule has 2 aromatic carbocycles. The van der Waals surface area contributed by atoms with Crippen molar-refractivity contribution in [2.75, 3.05) is 135 Å². The standard InChI is InChI=1S/C23H42N4O7.C17H24N2O5/c24-6-10-30-12-14-32-16-18-34-20-19-33-17-15-31-13-11-29-9-5-23(28)27-8-7-26-22-3-1-21(25)2-4-22;1-23-16(21)11-6-12(17(22)24-2)4-3-5-15(20)19-14-9-7-13(18)8-10-14/h1-4,26H,5-20,24-25H2,(H,27,28);7-10,12H,3-6,11,18H2,1-2H3,(H,19,20). The van der Waals surface area contributed by atoms with Gasteiger partial charge in [0.15, 0.2) is 0 Å². The molecule has 1 unspecified atom stereocenters. The fourth-order valence-corrected chi connectivity index (χ4v) is 4.79. The lowest BCUT2D eigenvalue weighted by Gasteiger charge is -2.13. The number of anilines is 4. The Bertz CT molecular complexity index is 1350. The maximum Gasteiger partial charge on any atom is 0.308 e. The van der Waals surface area contributed by atoms with Crippen molar-refractivity contribution in [3.05, 3.63) is 48.5 Å². The molecule has 0 heterocycles. The number of ether oxygens (including phenoxy) is 8. The minimum atomic E-state index is -0.418. The molecule has 9 N–H and O–H groups in total. The molecule has 0 aliphatic heterocycles. The van der Waals surface area contributed by atoms with Crippen LogP contribution in [0, 0.1) is 5.92 Å². The predicted molar refractivity (Wildman–Crippen MR) is 221 cm³/mol. The first kappa shape index (κ1) is 51.5. The Morgan fingerprint density at radius 1 is 0.552 bits per heavy atom. The van der Waals surface area contributed by atoms with Gasteiger partial charge in [-0.1, -0.05) is 0 Å². The molecule has 2 rings (SSSR count). The molecular weight excluding hydrogens is 756 g/mol. The van der Waals surface area contributed by atoms with E-state index in [1.165, 1.54) is 14.2 Å². The molecule has 18 nitrogen and oxygen atoms in total. The lowest BCUT2D eigenvalue weighted by molar-refractivity contribution is -0.147. The van der Waals surface area contributed by atoms with Gasteiger partial charge in [0.05, 0.1) is 99.4 Å². The fourth-order valence-electron chi connectivity index (χ4n) is 4.79. The molecule has 0 saturated heterocycles.